The highest BCUT2D eigenvalue weighted by molar-refractivity contribution is 7.09. The van der Waals surface area contributed by atoms with Crippen LogP contribution in [-0.2, 0) is 15.3 Å². The van der Waals surface area contributed by atoms with Gasteiger partial charge in [0.15, 0.2) is 5.01 Å². The lowest BCUT2D eigenvalue weighted by atomic mass is 10.3. The minimum Gasteiger partial charge on any atom is -0.448 e. The summed E-state index contributed by atoms with van der Waals surface area (Å²) in [6.45, 7) is 0. The molecule has 0 radical (unpaired) electrons. The molecule has 6 nitrogen and oxygen atoms in total. The monoisotopic (exact) mass is 225 g/mol. The summed E-state index contributed by atoms with van der Waals surface area (Å²) in [5.41, 5.74) is 4.96. The largest absolute Gasteiger partial charge is 0.448 e. The zero-order valence-corrected chi connectivity index (χ0v) is 8.31. The number of nitrogens with two attached hydrogens (primary N) is 1. The van der Waals surface area contributed by atoms with Crippen molar-refractivity contribution in [3.05, 3.63) is 29.0 Å². The number of primary amides is 1. The molecule has 1 aromatic rings. The van der Waals surface area contributed by atoms with Crippen molar-refractivity contribution >= 4 is 23.6 Å². The average Bonchev–Trinajstić information content (AvgIpc) is 2.71. The van der Waals surface area contributed by atoms with Gasteiger partial charge in [-0.15, -0.1) is 11.3 Å². The Morgan fingerprint density at radius 2 is 2.53 bits per heavy atom. The third kappa shape index (κ3) is 1.82. The van der Waals surface area contributed by atoms with Crippen LogP contribution in [-0.4, -0.2) is 17.3 Å². The molecule has 1 unspecified atom stereocenters. The van der Waals surface area contributed by atoms with Crippen molar-refractivity contribution < 1.29 is 14.3 Å². The molecule has 7 heteroatoms. The summed E-state index contributed by atoms with van der Waals surface area (Å²) in [6, 6.07) is 0. The second kappa shape index (κ2) is 3.70. The molecule has 0 fully saturated rings. The lowest BCUT2D eigenvalue weighted by Crippen LogP contribution is -2.38. The first kappa shape index (κ1) is 9.66. The topological polar surface area (TPSA) is 86.8 Å². The van der Waals surface area contributed by atoms with Crippen LogP contribution in [0.2, 0.25) is 0 Å². The van der Waals surface area contributed by atoms with E-state index in [2.05, 4.69) is 9.98 Å². The Kier molecular flexibility index (Phi) is 2.38. The van der Waals surface area contributed by atoms with Crippen molar-refractivity contribution in [3.8, 4) is 0 Å². The van der Waals surface area contributed by atoms with E-state index in [0.717, 1.165) is 0 Å². The van der Waals surface area contributed by atoms with Gasteiger partial charge in [-0.05, 0) is 0 Å². The number of nitrogens with zero attached hydrogens (tertiary/aromatic N) is 2. The number of aromatic nitrogens is 1. The molecular formula is C8H7N3O3S. The zero-order chi connectivity index (χ0) is 10.7. The molecule has 0 aromatic carbocycles. The van der Waals surface area contributed by atoms with Crippen LogP contribution < -0.4 is 5.73 Å². The molecule has 15 heavy (non-hydrogen) atoms. The molecule has 1 atom stereocenters. The summed E-state index contributed by atoms with van der Waals surface area (Å²) in [7, 11) is 0. The highest BCUT2D eigenvalue weighted by atomic mass is 32.1. The van der Waals surface area contributed by atoms with Crippen LogP contribution in [0.5, 0.6) is 0 Å². The smallest absolute Gasteiger partial charge is 0.408 e. The molecule has 2 rings (SSSR count). The molecule has 2 heterocycles. The average molecular weight is 225 g/mol. The Labute approximate surface area is 89.0 Å². The van der Waals surface area contributed by atoms with E-state index < -0.39 is 11.9 Å². The van der Waals surface area contributed by atoms with Crippen molar-refractivity contribution in [1.29, 1.82) is 0 Å². The molecule has 0 saturated carbocycles. The number of thiazole rings is 1. The number of carbonyl (C=O) groups excluding carboxylic acids is 1. The van der Waals surface area contributed by atoms with Gasteiger partial charge in [0.05, 0.1) is 12.4 Å². The predicted molar refractivity (Wildman–Crippen MR) is 53.2 cm³/mol. The van der Waals surface area contributed by atoms with E-state index in [1.54, 1.807) is 11.6 Å². The van der Waals surface area contributed by atoms with E-state index in [1.165, 1.54) is 30.0 Å². The van der Waals surface area contributed by atoms with Crippen LogP contribution in [0.3, 0.4) is 0 Å². The molecule has 2 N–H and O–H groups in total. The van der Waals surface area contributed by atoms with Gasteiger partial charge < -0.3 is 15.2 Å². The lowest BCUT2D eigenvalue weighted by molar-refractivity contribution is -0.114. The van der Waals surface area contributed by atoms with Gasteiger partial charge in [0.1, 0.15) is 6.26 Å². The van der Waals surface area contributed by atoms with Crippen LogP contribution in [0.1, 0.15) is 5.01 Å². The number of carbonyl (C=O) groups is 1. The normalized spacial score (nSPS) is 23.5. The van der Waals surface area contributed by atoms with Gasteiger partial charge >= 0.3 is 11.9 Å². The number of rotatable bonds is 2. The van der Waals surface area contributed by atoms with E-state index in [-0.39, 0.29) is 0 Å². The van der Waals surface area contributed by atoms with Crippen molar-refractivity contribution in [3.63, 3.8) is 0 Å². The van der Waals surface area contributed by atoms with Crippen LogP contribution in [0.15, 0.2) is 29.0 Å². The summed E-state index contributed by atoms with van der Waals surface area (Å²) < 4.78 is 10.1. The maximum absolute atomic E-state index is 10.8. The van der Waals surface area contributed by atoms with Gasteiger partial charge in [0.25, 0.3) is 0 Å². The molecule has 1 amide bonds. The maximum atomic E-state index is 10.8. The number of aliphatic imine (C=N–C) groups is 1. The summed E-state index contributed by atoms with van der Waals surface area (Å²) in [5.74, 6) is -1.42. The Morgan fingerprint density at radius 1 is 1.67 bits per heavy atom. The number of hydrogen-bond acceptors (Lipinski definition) is 6. The predicted octanol–water partition coefficient (Wildman–Crippen LogP) is 0.963. The van der Waals surface area contributed by atoms with Gasteiger partial charge in [-0.1, -0.05) is 0 Å². The molecule has 78 valence electrons. The fraction of sp³-hybridized carbons (Fsp3) is 0.125. The fourth-order valence-electron chi connectivity index (χ4n) is 1.08. The van der Waals surface area contributed by atoms with Gasteiger partial charge in [-0.25, -0.2) is 9.78 Å². The number of ether oxygens (including phenoxy) is 2. The summed E-state index contributed by atoms with van der Waals surface area (Å²) in [6.07, 6.45) is 4.69. The SMILES string of the molecule is NC(=O)OC1(c2nccs2)C=NC=CO1. The molecule has 1 aromatic heterocycles. The van der Waals surface area contributed by atoms with Crippen LogP contribution >= 0.6 is 11.3 Å². The zero-order valence-electron chi connectivity index (χ0n) is 7.49. The highest BCUT2D eigenvalue weighted by Crippen LogP contribution is 2.29. The minimum absolute atomic E-state index is 0.453. The Hall–Kier alpha value is -1.89. The van der Waals surface area contributed by atoms with Gasteiger partial charge in [0, 0.05) is 11.6 Å². The minimum atomic E-state index is -1.42. The van der Waals surface area contributed by atoms with Crippen LogP contribution in [0, 0.1) is 0 Å². The van der Waals surface area contributed by atoms with Gasteiger partial charge in [0.2, 0.25) is 0 Å². The molecule has 1 aliphatic rings. The third-order valence-electron chi connectivity index (χ3n) is 1.62. The lowest BCUT2D eigenvalue weighted by Gasteiger charge is -2.26. The first-order valence-electron chi connectivity index (χ1n) is 3.98. The van der Waals surface area contributed by atoms with E-state index in [0.29, 0.717) is 5.01 Å². The number of hydrogen-bond donors (Lipinski definition) is 1. The van der Waals surface area contributed by atoms with Crippen molar-refractivity contribution in [2.24, 2.45) is 10.7 Å². The molecule has 0 spiro atoms. The third-order valence-corrected chi connectivity index (χ3v) is 2.49. The summed E-state index contributed by atoms with van der Waals surface area (Å²) in [4.78, 5) is 18.6. The molecule has 0 aliphatic carbocycles. The Bertz CT molecular complexity index is 415. The summed E-state index contributed by atoms with van der Waals surface area (Å²) in [5, 5.41) is 2.19. The highest BCUT2D eigenvalue weighted by Gasteiger charge is 2.40. The second-order valence-electron chi connectivity index (χ2n) is 2.61. The second-order valence-corrected chi connectivity index (χ2v) is 3.50. The van der Waals surface area contributed by atoms with Crippen molar-refractivity contribution in [1.82, 2.24) is 4.98 Å². The fourth-order valence-corrected chi connectivity index (χ4v) is 1.76. The van der Waals surface area contributed by atoms with E-state index in [9.17, 15) is 4.79 Å². The molecule has 0 bridgehead atoms. The first-order valence-corrected chi connectivity index (χ1v) is 4.86. The first-order chi connectivity index (χ1) is 7.23. The molecule has 1 aliphatic heterocycles. The van der Waals surface area contributed by atoms with E-state index >= 15 is 0 Å². The van der Waals surface area contributed by atoms with Crippen LogP contribution in [0.4, 0.5) is 4.79 Å². The van der Waals surface area contributed by atoms with Crippen molar-refractivity contribution in [2.75, 3.05) is 0 Å². The Morgan fingerprint density at radius 3 is 3.07 bits per heavy atom. The molecule has 0 saturated heterocycles. The maximum Gasteiger partial charge on any atom is 0.408 e. The van der Waals surface area contributed by atoms with E-state index in [4.69, 9.17) is 15.2 Å². The Balaban J connectivity index is 2.35. The summed E-state index contributed by atoms with van der Waals surface area (Å²) >= 11 is 1.28. The van der Waals surface area contributed by atoms with E-state index in [1.807, 2.05) is 0 Å². The standard InChI is InChI=1S/C8H7N3O3S/c9-7(12)14-8(5-10-1-3-13-8)6-11-2-4-15-6/h1-5H,(H2,9,12). The molecular weight excluding hydrogens is 218 g/mol. The van der Waals surface area contributed by atoms with Gasteiger partial charge in [-0.3, -0.25) is 4.99 Å². The quantitative estimate of drug-likeness (QED) is 0.812. The van der Waals surface area contributed by atoms with Crippen molar-refractivity contribution in [2.45, 2.75) is 5.79 Å². The number of amides is 1. The van der Waals surface area contributed by atoms with Crippen LogP contribution in [0.25, 0.3) is 0 Å². The van der Waals surface area contributed by atoms with Gasteiger partial charge in [-0.2, -0.15) is 0 Å².